The Morgan fingerprint density at radius 1 is 0.905 bits per heavy atom. The zero-order valence-electron chi connectivity index (χ0n) is 14.6. The summed E-state index contributed by atoms with van der Waals surface area (Å²) in [6.07, 6.45) is 17.6. The number of quaternary nitrogens is 1. The average molecular weight is 295 g/mol. The fraction of sp³-hybridized carbons (Fsp3) is 0.947. The van der Waals surface area contributed by atoms with E-state index in [9.17, 15) is 0 Å². The third kappa shape index (κ3) is 12.9. The molecular formula is C19H38N2. The molecule has 1 fully saturated rings. The van der Waals surface area contributed by atoms with Crippen LogP contribution in [0.5, 0.6) is 0 Å². The average Bonchev–Trinajstić information content (AvgIpc) is 2.51. The van der Waals surface area contributed by atoms with Crippen LogP contribution in [0.25, 0.3) is 0 Å². The van der Waals surface area contributed by atoms with Crippen molar-refractivity contribution in [2.75, 3.05) is 19.6 Å². The van der Waals surface area contributed by atoms with Crippen LogP contribution in [0, 0.1) is 17.8 Å². The Balaban J connectivity index is 0.00000191. The van der Waals surface area contributed by atoms with E-state index in [4.69, 9.17) is 11.8 Å². The molecule has 0 aromatic heterocycles. The molecule has 0 aliphatic carbocycles. The van der Waals surface area contributed by atoms with Gasteiger partial charge in [-0.15, -0.1) is 0 Å². The van der Waals surface area contributed by atoms with Gasteiger partial charge in [-0.05, 0) is 25.7 Å². The second-order valence-electron chi connectivity index (χ2n) is 6.88. The Morgan fingerprint density at radius 3 is 1.95 bits per heavy atom. The maximum absolute atomic E-state index is 6.25. The van der Waals surface area contributed by atoms with Gasteiger partial charge in [0.2, 0.25) is 0 Å². The standard InChI is InChI=1S/C18H37N.CN/c1-3-4-5-6-7-8-9-10-11-12-15-19-16-13-14-18(2)17-19;1-2/h18H,3-17H2,1-2H3;/q;-1/p+1. The number of rotatable bonds is 11. The molecule has 0 spiro atoms. The Labute approximate surface area is 133 Å². The molecule has 2 unspecified atom stereocenters. The third-order valence-corrected chi connectivity index (χ3v) is 4.75. The van der Waals surface area contributed by atoms with E-state index in [1.54, 1.807) is 0 Å². The first-order valence-corrected chi connectivity index (χ1v) is 9.39. The summed E-state index contributed by atoms with van der Waals surface area (Å²) in [6, 6.07) is 0. The van der Waals surface area contributed by atoms with Crippen molar-refractivity contribution >= 4 is 0 Å². The fourth-order valence-corrected chi connectivity index (χ4v) is 3.49. The Morgan fingerprint density at radius 2 is 1.43 bits per heavy atom. The molecule has 0 amide bonds. The first-order valence-electron chi connectivity index (χ1n) is 9.39. The zero-order valence-corrected chi connectivity index (χ0v) is 14.6. The molecule has 0 aromatic rings. The molecule has 0 radical (unpaired) electrons. The summed E-state index contributed by atoms with van der Waals surface area (Å²) in [6.45, 7) is 13.8. The normalized spacial score (nSPS) is 21.5. The van der Waals surface area contributed by atoms with Crippen LogP contribution >= 0.6 is 0 Å². The van der Waals surface area contributed by atoms with Crippen molar-refractivity contribution in [3.63, 3.8) is 0 Å². The summed E-state index contributed by atoms with van der Waals surface area (Å²) in [5, 5.41) is 6.25. The SMILES string of the molecule is CCCCCCCCCCCC[NH+]1CCCC(C)C1.[C-]#N. The van der Waals surface area contributed by atoms with E-state index in [-0.39, 0.29) is 0 Å². The highest BCUT2D eigenvalue weighted by Crippen LogP contribution is 2.10. The van der Waals surface area contributed by atoms with E-state index in [0.29, 0.717) is 0 Å². The van der Waals surface area contributed by atoms with E-state index in [2.05, 4.69) is 13.8 Å². The third-order valence-electron chi connectivity index (χ3n) is 4.75. The number of likely N-dealkylation sites (tertiary alicyclic amines) is 1. The second kappa shape index (κ2) is 15.8. The highest BCUT2D eigenvalue weighted by atomic mass is 15.1. The minimum atomic E-state index is 0.979. The first kappa shape index (κ1) is 20.5. The van der Waals surface area contributed by atoms with Gasteiger partial charge in [-0.3, -0.25) is 0 Å². The highest BCUT2D eigenvalue weighted by Gasteiger charge is 2.18. The summed E-state index contributed by atoms with van der Waals surface area (Å²) in [5.41, 5.74) is 0. The van der Waals surface area contributed by atoms with E-state index in [1.807, 2.05) is 4.90 Å². The number of hydrogen-bond acceptors (Lipinski definition) is 1. The molecule has 1 aliphatic heterocycles. The Kier molecular flexibility index (Phi) is 15.4. The van der Waals surface area contributed by atoms with Gasteiger partial charge in [0, 0.05) is 5.92 Å². The minimum Gasteiger partial charge on any atom is -0.512 e. The van der Waals surface area contributed by atoms with Crippen molar-refractivity contribution < 1.29 is 4.90 Å². The van der Waals surface area contributed by atoms with Crippen LogP contribution in [-0.4, -0.2) is 19.6 Å². The molecule has 1 N–H and O–H groups in total. The molecule has 124 valence electrons. The lowest BCUT2D eigenvalue weighted by Crippen LogP contribution is -3.13. The molecule has 0 bridgehead atoms. The summed E-state index contributed by atoms with van der Waals surface area (Å²) < 4.78 is 0. The first-order chi connectivity index (χ1) is 10.3. The maximum Gasteiger partial charge on any atom is 0.0796 e. The molecule has 21 heavy (non-hydrogen) atoms. The lowest BCUT2D eigenvalue weighted by Gasteiger charge is -2.27. The van der Waals surface area contributed by atoms with Crippen LogP contribution in [0.1, 0.15) is 90.9 Å². The molecule has 0 aromatic carbocycles. The zero-order chi connectivity index (χ0) is 15.8. The lowest BCUT2D eigenvalue weighted by molar-refractivity contribution is -0.908. The fourth-order valence-electron chi connectivity index (χ4n) is 3.49. The molecular weight excluding hydrogens is 256 g/mol. The molecule has 2 atom stereocenters. The van der Waals surface area contributed by atoms with Crippen LogP contribution in [-0.2, 0) is 0 Å². The molecule has 1 rings (SSSR count). The Hall–Kier alpha value is -0.550. The topological polar surface area (TPSA) is 28.2 Å². The van der Waals surface area contributed by atoms with E-state index in [0.717, 1.165) is 5.92 Å². The quantitative estimate of drug-likeness (QED) is 0.446. The van der Waals surface area contributed by atoms with Gasteiger partial charge in [0.05, 0.1) is 19.6 Å². The van der Waals surface area contributed by atoms with Crippen LogP contribution in [0.15, 0.2) is 0 Å². The van der Waals surface area contributed by atoms with Gasteiger partial charge in [-0.2, -0.15) is 0 Å². The van der Waals surface area contributed by atoms with Crippen LogP contribution in [0.4, 0.5) is 0 Å². The summed E-state index contributed by atoms with van der Waals surface area (Å²) >= 11 is 0. The highest BCUT2D eigenvalue weighted by molar-refractivity contribution is 4.55. The van der Waals surface area contributed by atoms with Gasteiger partial charge in [-0.1, -0.05) is 65.2 Å². The second-order valence-corrected chi connectivity index (χ2v) is 6.88. The van der Waals surface area contributed by atoms with Crippen molar-refractivity contribution in [1.82, 2.24) is 0 Å². The number of nitrogens with zero attached hydrogens (tertiary/aromatic N) is 1. The molecule has 1 heterocycles. The molecule has 2 heteroatoms. The number of hydrogen-bond donors (Lipinski definition) is 1. The molecule has 2 nitrogen and oxygen atoms in total. The van der Waals surface area contributed by atoms with Gasteiger partial charge in [0.15, 0.2) is 0 Å². The van der Waals surface area contributed by atoms with Gasteiger partial charge in [0.25, 0.3) is 0 Å². The smallest absolute Gasteiger partial charge is 0.0796 e. The van der Waals surface area contributed by atoms with E-state index in [1.165, 1.54) is 96.7 Å². The maximum atomic E-state index is 6.25. The predicted molar refractivity (Wildman–Crippen MR) is 90.8 cm³/mol. The van der Waals surface area contributed by atoms with E-state index >= 15 is 0 Å². The Bertz CT molecular complexity index is 225. The number of piperidine rings is 1. The summed E-state index contributed by atoms with van der Waals surface area (Å²) in [7, 11) is 0. The summed E-state index contributed by atoms with van der Waals surface area (Å²) in [4.78, 5) is 1.89. The van der Waals surface area contributed by atoms with Crippen molar-refractivity contribution in [1.29, 1.82) is 5.26 Å². The van der Waals surface area contributed by atoms with Gasteiger partial charge in [0.1, 0.15) is 0 Å². The molecule has 1 aliphatic rings. The predicted octanol–water partition coefficient (Wildman–Crippen LogP) is 4.32. The molecule has 1 saturated heterocycles. The van der Waals surface area contributed by atoms with Crippen molar-refractivity contribution in [2.24, 2.45) is 5.92 Å². The minimum absolute atomic E-state index is 0.979. The van der Waals surface area contributed by atoms with Crippen molar-refractivity contribution in [3.8, 4) is 0 Å². The van der Waals surface area contributed by atoms with Crippen LogP contribution in [0.3, 0.4) is 0 Å². The van der Waals surface area contributed by atoms with Crippen molar-refractivity contribution in [2.45, 2.75) is 90.9 Å². The monoisotopic (exact) mass is 294 g/mol. The summed E-state index contributed by atoms with van der Waals surface area (Å²) in [5.74, 6) is 0.979. The van der Waals surface area contributed by atoms with Crippen molar-refractivity contribution in [3.05, 3.63) is 6.57 Å². The van der Waals surface area contributed by atoms with Gasteiger partial charge >= 0.3 is 0 Å². The number of unbranched alkanes of at least 4 members (excludes halogenated alkanes) is 9. The van der Waals surface area contributed by atoms with Crippen LogP contribution < -0.4 is 4.90 Å². The van der Waals surface area contributed by atoms with E-state index < -0.39 is 0 Å². The van der Waals surface area contributed by atoms with Gasteiger partial charge < -0.3 is 16.7 Å². The largest absolute Gasteiger partial charge is 0.512 e. The number of nitrogens with one attached hydrogen (secondary N) is 1. The molecule has 0 saturated carbocycles. The van der Waals surface area contributed by atoms with Crippen LogP contribution in [0.2, 0.25) is 0 Å². The van der Waals surface area contributed by atoms with Gasteiger partial charge in [-0.25, -0.2) is 0 Å². The lowest BCUT2D eigenvalue weighted by atomic mass is 10.00.